The lowest BCUT2D eigenvalue weighted by atomic mass is 9.96. The highest BCUT2D eigenvalue weighted by molar-refractivity contribution is 7.62. The van der Waals surface area contributed by atoms with Gasteiger partial charge in [0.05, 0.1) is 11.3 Å². The van der Waals surface area contributed by atoms with Gasteiger partial charge in [0.15, 0.2) is 11.5 Å². The van der Waals surface area contributed by atoms with Gasteiger partial charge in [0.2, 0.25) is 0 Å². The highest BCUT2D eigenvalue weighted by atomic mass is 31.2. The van der Waals surface area contributed by atoms with Crippen molar-refractivity contribution in [2.24, 2.45) is 0 Å². The number of hydrogen-bond acceptors (Lipinski definition) is 6. The minimum absolute atomic E-state index is 0.135. The summed E-state index contributed by atoms with van der Waals surface area (Å²) < 4.78 is 29.5. The third kappa shape index (κ3) is 3.60. The molecule has 3 aromatic carbocycles. The lowest BCUT2D eigenvalue weighted by Gasteiger charge is -2.16. The predicted octanol–water partition coefficient (Wildman–Crippen LogP) is 5.11. The number of rotatable bonds is 6. The topological polar surface area (TPSA) is 90.5 Å². The zero-order valence-corrected chi connectivity index (χ0v) is 18.9. The summed E-state index contributed by atoms with van der Waals surface area (Å²) in [4.78, 5) is 12.5. The Morgan fingerprint density at radius 2 is 1.45 bits per heavy atom. The molecule has 1 atom stereocenters. The van der Waals surface area contributed by atoms with Crippen LogP contribution >= 0.6 is 7.60 Å². The average Bonchev–Trinajstić information content (AvgIpc) is 3.46. The molecule has 7 nitrogen and oxygen atoms in total. The molecule has 0 saturated heterocycles. The molecule has 1 N–H and O–H groups in total. The van der Waals surface area contributed by atoms with Gasteiger partial charge in [0.1, 0.15) is 0 Å². The van der Waals surface area contributed by atoms with Crippen LogP contribution in [0.5, 0.6) is 0 Å². The number of aromatic nitrogens is 2. The number of benzene rings is 3. The number of ether oxygens (including phenoxy) is 1. The highest BCUT2D eigenvalue weighted by Crippen LogP contribution is 2.49. The largest absolute Gasteiger partial charge is 0.447 e. The first-order valence-electron chi connectivity index (χ1n) is 10.3. The summed E-state index contributed by atoms with van der Waals surface area (Å²) in [6.45, 7) is 0. The predicted molar refractivity (Wildman–Crippen MR) is 124 cm³/mol. The number of hydrogen-bond donors (Lipinski definition) is 1. The minimum Gasteiger partial charge on any atom is -0.447 e. The number of carbonyl (C=O) groups is 1. The summed E-state index contributed by atoms with van der Waals surface area (Å²) in [5, 5.41) is 7.24. The van der Waals surface area contributed by atoms with E-state index in [1.807, 2.05) is 66.7 Å². The number of cyclic esters (lactones) is 1. The van der Waals surface area contributed by atoms with Crippen molar-refractivity contribution in [2.75, 3.05) is 14.2 Å². The fourth-order valence-corrected chi connectivity index (χ4v) is 5.28. The van der Waals surface area contributed by atoms with Crippen LogP contribution in [0, 0.1) is 0 Å². The first-order valence-corrected chi connectivity index (χ1v) is 11.9. The third-order valence-electron chi connectivity index (χ3n) is 5.75. The number of carbonyl (C=O) groups excluding carboxylic acids is 1. The summed E-state index contributed by atoms with van der Waals surface area (Å²) in [6.07, 6.45) is -0.721. The molecule has 0 radical (unpaired) electrons. The van der Waals surface area contributed by atoms with Crippen molar-refractivity contribution >= 4 is 19.0 Å². The van der Waals surface area contributed by atoms with Gasteiger partial charge >= 0.3 is 13.6 Å². The van der Waals surface area contributed by atoms with Crippen molar-refractivity contribution in [3.8, 4) is 22.3 Å². The maximum atomic E-state index is 13.3. The van der Waals surface area contributed by atoms with E-state index in [0.717, 1.165) is 16.7 Å². The molecule has 5 rings (SSSR count). The van der Waals surface area contributed by atoms with E-state index in [2.05, 4.69) is 10.2 Å². The minimum atomic E-state index is -3.71. The van der Waals surface area contributed by atoms with Gasteiger partial charge in [-0.05, 0) is 22.8 Å². The molecular weight excluding hydrogens is 439 g/mol. The van der Waals surface area contributed by atoms with E-state index in [1.165, 1.54) is 14.2 Å². The Hall–Kier alpha value is -3.51. The van der Waals surface area contributed by atoms with Gasteiger partial charge in [-0.2, -0.15) is 5.10 Å². The van der Waals surface area contributed by atoms with Crippen molar-refractivity contribution < 1.29 is 23.1 Å². The van der Waals surface area contributed by atoms with E-state index in [4.69, 9.17) is 13.8 Å². The Kier molecular flexibility index (Phi) is 5.46. The van der Waals surface area contributed by atoms with Crippen LogP contribution in [0.2, 0.25) is 0 Å². The maximum Gasteiger partial charge on any atom is 0.381 e. The van der Waals surface area contributed by atoms with Gasteiger partial charge in [-0.25, -0.2) is 4.79 Å². The zero-order valence-electron chi connectivity index (χ0n) is 18.0. The van der Waals surface area contributed by atoms with E-state index in [0.29, 0.717) is 22.4 Å². The molecule has 1 unspecified atom stereocenters. The maximum absolute atomic E-state index is 13.3. The summed E-state index contributed by atoms with van der Waals surface area (Å²) in [5.74, 6) is -0.418. The molecule has 0 amide bonds. The van der Waals surface area contributed by atoms with Gasteiger partial charge in [-0.15, -0.1) is 0 Å². The summed E-state index contributed by atoms with van der Waals surface area (Å²) >= 11 is 0. The fourth-order valence-electron chi connectivity index (χ4n) is 4.09. The summed E-state index contributed by atoms with van der Waals surface area (Å²) in [6, 6.07) is 25.0. The quantitative estimate of drug-likeness (QED) is 0.318. The molecule has 2 heterocycles. The Bertz CT molecular complexity index is 1360. The molecule has 166 valence electrons. The van der Waals surface area contributed by atoms with E-state index in [1.54, 1.807) is 12.1 Å². The van der Waals surface area contributed by atoms with Crippen molar-refractivity contribution in [2.45, 2.75) is 6.10 Å². The lowest BCUT2D eigenvalue weighted by molar-refractivity contribution is 0.0450. The summed E-state index contributed by atoms with van der Waals surface area (Å²) in [7, 11) is -1.09. The fraction of sp³-hybridized carbons (Fsp3) is 0.120. The van der Waals surface area contributed by atoms with Crippen molar-refractivity contribution in [3.63, 3.8) is 0 Å². The Balaban J connectivity index is 1.67. The molecular formula is C25H21N2O5P. The van der Waals surface area contributed by atoms with Crippen molar-refractivity contribution in [1.29, 1.82) is 0 Å². The van der Waals surface area contributed by atoms with Crippen LogP contribution in [-0.4, -0.2) is 30.4 Å². The van der Waals surface area contributed by atoms with Gasteiger partial charge in [0, 0.05) is 25.3 Å². The second-order valence-electron chi connectivity index (χ2n) is 7.51. The van der Waals surface area contributed by atoms with E-state index in [9.17, 15) is 9.36 Å². The third-order valence-corrected chi connectivity index (χ3v) is 7.55. The first-order chi connectivity index (χ1) is 16.1. The number of H-pyrrole nitrogens is 1. The highest BCUT2D eigenvalue weighted by Gasteiger charge is 2.40. The molecule has 1 aromatic heterocycles. The lowest BCUT2D eigenvalue weighted by Crippen LogP contribution is -2.13. The van der Waals surface area contributed by atoms with E-state index >= 15 is 0 Å². The van der Waals surface area contributed by atoms with Gasteiger partial charge in [-0.3, -0.25) is 9.66 Å². The molecule has 0 saturated carbocycles. The monoisotopic (exact) mass is 460 g/mol. The molecule has 1 aliphatic heterocycles. The van der Waals surface area contributed by atoms with Gasteiger partial charge in [-0.1, -0.05) is 72.8 Å². The van der Waals surface area contributed by atoms with Gasteiger partial charge in [0.25, 0.3) is 0 Å². The smallest absolute Gasteiger partial charge is 0.381 e. The van der Waals surface area contributed by atoms with Crippen LogP contribution in [0.15, 0.2) is 78.9 Å². The standard InChI is InChI=1S/C25H21N2O5P/c1-30-33(29,31-2)24-21(18-14-12-17(13-15-18)16-8-4-3-5-9-16)22(26-27-24)23-19-10-6-7-11-20(19)25(28)32-23/h3-15,23H,1-2H3,(H,26,27). The van der Waals surface area contributed by atoms with E-state index in [-0.39, 0.29) is 5.44 Å². The number of aromatic amines is 1. The van der Waals surface area contributed by atoms with Gasteiger partial charge < -0.3 is 13.8 Å². The average molecular weight is 460 g/mol. The van der Waals surface area contributed by atoms with E-state index < -0.39 is 19.7 Å². The second-order valence-corrected chi connectivity index (χ2v) is 9.66. The normalized spacial score (nSPS) is 15.3. The molecule has 33 heavy (non-hydrogen) atoms. The van der Waals surface area contributed by atoms with Crippen LogP contribution in [0.4, 0.5) is 0 Å². The Morgan fingerprint density at radius 3 is 2.15 bits per heavy atom. The molecule has 0 fully saturated rings. The summed E-state index contributed by atoms with van der Waals surface area (Å²) in [5.41, 5.74) is 5.22. The second kappa shape index (κ2) is 8.45. The number of nitrogens with one attached hydrogen (secondary N) is 1. The molecule has 8 heteroatoms. The molecule has 0 bridgehead atoms. The Labute approximate surface area is 190 Å². The number of esters is 1. The van der Waals surface area contributed by atoms with Crippen molar-refractivity contribution in [3.05, 3.63) is 95.7 Å². The van der Waals surface area contributed by atoms with Crippen LogP contribution in [0.1, 0.15) is 27.7 Å². The molecule has 1 aliphatic rings. The first kappa shape index (κ1) is 21.3. The molecule has 0 spiro atoms. The molecule has 0 aliphatic carbocycles. The number of nitrogens with zero attached hydrogens (tertiary/aromatic N) is 1. The number of fused-ring (bicyclic) bond motifs is 1. The van der Waals surface area contributed by atoms with Crippen LogP contribution in [-0.2, 0) is 18.3 Å². The zero-order chi connectivity index (χ0) is 23.0. The van der Waals surface area contributed by atoms with Crippen LogP contribution in [0.3, 0.4) is 0 Å². The Morgan fingerprint density at radius 1 is 0.848 bits per heavy atom. The van der Waals surface area contributed by atoms with Crippen molar-refractivity contribution in [1.82, 2.24) is 10.2 Å². The molecule has 4 aromatic rings. The SMILES string of the molecule is COP(=O)(OC)c1n[nH]c(C2OC(=O)c3ccccc32)c1-c1ccc(-c2ccccc2)cc1. The van der Waals surface area contributed by atoms with Crippen LogP contribution in [0.25, 0.3) is 22.3 Å². The van der Waals surface area contributed by atoms with Crippen LogP contribution < -0.4 is 5.44 Å².